The molecule has 0 atom stereocenters. The second-order valence-electron chi connectivity index (χ2n) is 7.33. The fourth-order valence-corrected chi connectivity index (χ4v) is 3.27. The number of benzene rings is 2. The second-order valence-corrected chi connectivity index (χ2v) is 9.45. The van der Waals surface area contributed by atoms with Crippen LogP contribution in [-0.2, 0) is 4.79 Å². The van der Waals surface area contributed by atoms with Crippen molar-refractivity contribution in [3.63, 3.8) is 0 Å². The number of hydrogen-bond donors (Lipinski definition) is 3. The van der Waals surface area contributed by atoms with Crippen LogP contribution in [0.4, 0.5) is 0 Å². The molecule has 0 bridgehead atoms. The van der Waals surface area contributed by atoms with Gasteiger partial charge in [0.25, 0.3) is 11.8 Å². The molecule has 0 fully saturated rings. The molecule has 0 spiro atoms. The predicted molar refractivity (Wildman–Crippen MR) is 135 cm³/mol. The van der Waals surface area contributed by atoms with Crippen LogP contribution < -0.4 is 25.6 Å². The number of hydrazine groups is 1. The van der Waals surface area contributed by atoms with Gasteiger partial charge in [-0.2, -0.15) is 0 Å². The Morgan fingerprint density at radius 2 is 1.78 bits per heavy atom. The molecule has 0 aliphatic heterocycles. The molecule has 0 heterocycles. The van der Waals surface area contributed by atoms with Crippen molar-refractivity contribution in [2.45, 2.75) is 27.2 Å². The van der Waals surface area contributed by atoms with Crippen LogP contribution in [0.1, 0.15) is 36.2 Å². The van der Waals surface area contributed by atoms with Gasteiger partial charge in [0.15, 0.2) is 11.7 Å². The van der Waals surface area contributed by atoms with E-state index in [2.05, 4.69) is 61.9 Å². The average molecular weight is 587 g/mol. The molecule has 0 saturated carbocycles. The number of hydrogen-bond acceptors (Lipinski definition) is 5. The molecule has 2 rings (SSSR count). The number of carbonyl (C=O) groups is 2. The maximum Gasteiger partial charge on any atom is 0.276 e. The van der Waals surface area contributed by atoms with E-state index in [1.165, 1.54) is 0 Å². The van der Waals surface area contributed by atoms with Crippen molar-refractivity contribution in [1.82, 2.24) is 16.2 Å². The molecule has 172 valence electrons. The van der Waals surface area contributed by atoms with E-state index in [0.29, 0.717) is 34.1 Å². The van der Waals surface area contributed by atoms with Gasteiger partial charge >= 0.3 is 0 Å². The number of carbonyl (C=O) groups excluding carboxylic acids is 2. The summed E-state index contributed by atoms with van der Waals surface area (Å²) in [5, 5.41) is 2.46. The van der Waals surface area contributed by atoms with Crippen molar-refractivity contribution in [2.75, 3.05) is 13.2 Å². The van der Waals surface area contributed by atoms with Gasteiger partial charge in [-0.3, -0.25) is 25.8 Å². The molecule has 3 N–H and O–H groups in total. The van der Waals surface area contributed by atoms with Crippen LogP contribution in [0.3, 0.4) is 0 Å². The van der Waals surface area contributed by atoms with Gasteiger partial charge in [0.1, 0.15) is 11.5 Å². The Hall–Kier alpha value is -2.17. The minimum absolute atomic E-state index is 0.0452. The van der Waals surface area contributed by atoms with Crippen LogP contribution >= 0.6 is 44.1 Å². The SMILES string of the molecule is Cc1cc(OCC(=O)NNC(=S)NC(=O)c2ccc(OCCC(C)C)c(Br)c2)ccc1Br. The summed E-state index contributed by atoms with van der Waals surface area (Å²) in [6.45, 7) is 6.56. The summed E-state index contributed by atoms with van der Waals surface area (Å²) in [4.78, 5) is 24.3. The molecular weight excluding hydrogens is 562 g/mol. The van der Waals surface area contributed by atoms with Crippen LogP contribution in [0.5, 0.6) is 11.5 Å². The molecule has 0 unspecified atom stereocenters. The molecule has 32 heavy (non-hydrogen) atoms. The summed E-state index contributed by atoms with van der Waals surface area (Å²) in [7, 11) is 0. The van der Waals surface area contributed by atoms with E-state index in [-0.39, 0.29) is 11.7 Å². The van der Waals surface area contributed by atoms with Gasteiger partial charge in [-0.05, 0) is 89.4 Å². The highest BCUT2D eigenvalue weighted by Gasteiger charge is 2.12. The Morgan fingerprint density at radius 1 is 1.03 bits per heavy atom. The molecule has 10 heteroatoms. The third-order valence-corrected chi connectivity index (χ3v) is 5.90. The van der Waals surface area contributed by atoms with Crippen molar-refractivity contribution in [3.05, 3.63) is 56.5 Å². The standard InChI is InChI=1S/C22H25Br2N3O4S/c1-13(2)8-9-30-19-7-4-15(11-18(19)24)21(29)25-22(32)27-26-20(28)12-31-16-5-6-17(23)14(3)10-16/h4-7,10-11,13H,8-9,12H2,1-3H3,(H,26,28)(H2,25,27,29,32). The van der Waals surface area contributed by atoms with E-state index in [1.807, 2.05) is 19.1 Å². The highest BCUT2D eigenvalue weighted by Crippen LogP contribution is 2.26. The van der Waals surface area contributed by atoms with Crippen LogP contribution in [0.15, 0.2) is 45.3 Å². The zero-order valence-corrected chi connectivity index (χ0v) is 21.9. The number of aryl methyl sites for hydroxylation is 1. The van der Waals surface area contributed by atoms with Crippen molar-refractivity contribution in [3.8, 4) is 11.5 Å². The van der Waals surface area contributed by atoms with Gasteiger partial charge in [0, 0.05) is 10.0 Å². The fourth-order valence-electron chi connectivity index (χ4n) is 2.39. The highest BCUT2D eigenvalue weighted by atomic mass is 79.9. The lowest BCUT2D eigenvalue weighted by atomic mass is 10.1. The van der Waals surface area contributed by atoms with Crippen LogP contribution in [0.2, 0.25) is 0 Å². The normalized spacial score (nSPS) is 10.4. The minimum atomic E-state index is -0.451. The molecule has 0 aliphatic carbocycles. The topological polar surface area (TPSA) is 88.7 Å². The summed E-state index contributed by atoms with van der Waals surface area (Å²) in [5.41, 5.74) is 6.24. The summed E-state index contributed by atoms with van der Waals surface area (Å²) >= 11 is 11.9. The molecular formula is C22H25Br2N3O4S. The molecule has 2 aromatic carbocycles. The lowest BCUT2D eigenvalue weighted by molar-refractivity contribution is -0.123. The highest BCUT2D eigenvalue weighted by molar-refractivity contribution is 9.10. The average Bonchev–Trinajstić information content (AvgIpc) is 2.74. The monoisotopic (exact) mass is 585 g/mol. The minimum Gasteiger partial charge on any atom is -0.492 e. The summed E-state index contributed by atoms with van der Waals surface area (Å²) in [6, 6.07) is 10.4. The Labute approximate surface area is 209 Å². The smallest absolute Gasteiger partial charge is 0.276 e. The largest absolute Gasteiger partial charge is 0.492 e. The molecule has 0 aromatic heterocycles. The second kappa shape index (κ2) is 12.8. The lowest BCUT2D eigenvalue weighted by Gasteiger charge is -2.13. The number of amides is 2. The van der Waals surface area contributed by atoms with Crippen molar-refractivity contribution >= 4 is 61.0 Å². The van der Waals surface area contributed by atoms with E-state index >= 15 is 0 Å². The maximum atomic E-state index is 12.4. The van der Waals surface area contributed by atoms with Gasteiger partial charge in [0.2, 0.25) is 0 Å². The van der Waals surface area contributed by atoms with E-state index < -0.39 is 11.8 Å². The molecule has 0 saturated heterocycles. The van der Waals surface area contributed by atoms with Gasteiger partial charge in [0.05, 0.1) is 11.1 Å². The van der Waals surface area contributed by atoms with E-state index in [4.69, 9.17) is 21.7 Å². The number of rotatable bonds is 8. The van der Waals surface area contributed by atoms with Gasteiger partial charge in [-0.25, -0.2) is 0 Å². The van der Waals surface area contributed by atoms with Gasteiger partial charge < -0.3 is 9.47 Å². The molecule has 7 nitrogen and oxygen atoms in total. The predicted octanol–water partition coefficient (Wildman–Crippen LogP) is 4.66. The van der Waals surface area contributed by atoms with Crippen molar-refractivity contribution in [2.24, 2.45) is 5.92 Å². The molecule has 2 amide bonds. The van der Waals surface area contributed by atoms with Crippen molar-refractivity contribution < 1.29 is 19.1 Å². The molecule has 2 aromatic rings. The molecule has 0 radical (unpaired) electrons. The van der Waals surface area contributed by atoms with Gasteiger partial charge in [-0.1, -0.05) is 29.8 Å². The Balaban J connectivity index is 1.77. The number of halogens is 2. The van der Waals surface area contributed by atoms with Gasteiger partial charge in [-0.15, -0.1) is 0 Å². The van der Waals surface area contributed by atoms with Crippen LogP contribution in [0.25, 0.3) is 0 Å². The Kier molecular flexibility index (Phi) is 10.4. The first-order valence-electron chi connectivity index (χ1n) is 9.87. The zero-order valence-electron chi connectivity index (χ0n) is 18.0. The lowest BCUT2D eigenvalue weighted by Crippen LogP contribution is -2.49. The summed E-state index contributed by atoms with van der Waals surface area (Å²) in [5.74, 6) is 0.903. The van der Waals surface area contributed by atoms with Crippen molar-refractivity contribution in [1.29, 1.82) is 0 Å². The first kappa shape index (κ1) is 26.1. The van der Waals surface area contributed by atoms with Crippen LogP contribution in [-0.4, -0.2) is 30.1 Å². The quantitative estimate of drug-likeness (QED) is 0.308. The third kappa shape index (κ3) is 8.76. The first-order valence-corrected chi connectivity index (χ1v) is 11.9. The summed E-state index contributed by atoms with van der Waals surface area (Å²) < 4.78 is 12.8. The fraction of sp³-hybridized carbons (Fsp3) is 0.318. The first-order chi connectivity index (χ1) is 15.2. The summed E-state index contributed by atoms with van der Waals surface area (Å²) in [6.07, 6.45) is 0.939. The third-order valence-electron chi connectivity index (χ3n) is 4.19. The Morgan fingerprint density at radius 3 is 2.44 bits per heavy atom. The van der Waals surface area contributed by atoms with Crippen LogP contribution in [0, 0.1) is 12.8 Å². The van der Waals surface area contributed by atoms with E-state index in [9.17, 15) is 9.59 Å². The van der Waals surface area contributed by atoms with E-state index in [1.54, 1.807) is 24.3 Å². The number of thiocarbonyl (C=S) groups is 1. The number of nitrogens with one attached hydrogen (secondary N) is 3. The number of ether oxygens (including phenoxy) is 2. The van der Waals surface area contributed by atoms with E-state index in [0.717, 1.165) is 16.5 Å². The maximum absolute atomic E-state index is 12.4. The zero-order chi connectivity index (χ0) is 23.7. The molecule has 0 aliphatic rings. The Bertz CT molecular complexity index is 986.